The summed E-state index contributed by atoms with van der Waals surface area (Å²) in [7, 11) is 1.61. The monoisotopic (exact) mass is 421 g/mol. The van der Waals surface area contributed by atoms with Gasteiger partial charge in [-0.1, -0.05) is 34.5 Å². The Bertz CT molecular complexity index is 688. The van der Waals surface area contributed by atoms with Crippen LogP contribution in [0, 0.1) is 5.92 Å². The molecule has 1 saturated carbocycles. The first-order chi connectivity index (χ1) is 12.5. The molecule has 0 bridgehead atoms. The van der Waals surface area contributed by atoms with Crippen LogP contribution in [0.2, 0.25) is 0 Å². The van der Waals surface area contributed by atoms with Gasteiger partial charge >= 0.3 is 6.03 Å². The van der Waals surface area contributed by atoms with Gasteiger partial charge in [0.05, 0.1) is 6.04 Å². The number of carbonyl (C=O) groups excluding carboxylic acids is 3. The van der Waals surface area contributed by atoms with E-state index >= 15 is 0 Å². The van der Waals surface area contributed by atoms with Crippen molar-refractivity contribution in [3.8, 4) is 0 Å². The third-order valence-electron chi connectivity index (χ3n) is 5.18. The topological polar surface area (TPSA) is 69.7 Å². The van der Waals surface area contributed by atoms with Gasteiger partial charge in [-0.25, -0.2) is 4.79 Å². The largest absolute Gasteiger partial charge is 0.349 e. The highest BCUT2D eigenvalue weighted by atomic mass is 79.9. The molecule has 0 spiro atoms. The van der Waals surface area contributed by atoms with Crippen molar-refractivity contribution in [1.29, 1.82) is 0 Å². The Kier molecular flexibility index (Phi) is 5.96. The summed E-state index contributed by atoms with van der Waals surface area (Å²) in [4.78, 5) is 38.6. The van der Waals surface area contributed by atoms with E-state index in [1.54, 1.807) is 7.05 Å². The molecule has 1 heterocycles. The number of likely N-dealkylation sites (N-methyl/N-ethyl adjacent to an activating group) is 1. The standard InChI is InChI=1S/C19H24BrN3O3/c1-22-12-17(25)23(19(22)26)11-3-6-16(24)21-18(13-4-2-5-13)14-7-9-15(20)10-8-14/h7-10,13,18H,2-6,11-12H2,1H3,(H,21,24). The molecule has 26 heavy (non-hydrogen) atoms. The maximum absolute atomic E-state index is 12.4. The molecule has 2 aliphatic rings. The molecule has 1 N–H and O–H groups in total. The Morgan fingerprint density at radius 1 is 1.27 bits per heavy atom. The lowest BCUT2D eigenvalue weighted by Gasteiger charge is -2.34. The van der Waals surface area contributed by atoms with Crippen molar-refractivity contribution in [1.82, 2.24) is 15.1 Å². The van der Waals surface area contributed by atoms with Crippen LogP contribution in [0.4, 0.5) is 4.79 Å². The van der Waals surface area contributed by atoms with Gasteiger partial charge in [-0.05, 0) is 42.9 Å². The zero-order valence-electron chi connectivity index (χ0n) is 14.9. The van der Waals surface area contributed by atoms with Crippen LogP contribution in [-0.2, 0) is 9.59 Å². The number of benzene rings is 1. The Morgan fingerprint density at radius 2 is 1.96 bits per heavy atom. The molecule has 6 nitrogen and oxygen atoms in total. The molecule has 2 fully saturated rings. The summed E-state index contributed by atoms with van der Waals surface area (Å²) in [5.74, 6) is 0.257. The quantitative estimate of drug-likeness (QED) is 0.687. The lowest BCUT2D eigenvalue weighted by molar-refractivity contribution is -0.126. The van der Waals surface area contributed by atoms with E-state index in [1.165, 1.54) is 16.2 Å². The predicted molar refractivity (Wildman–Crippen MR) is 101 cm³/mol. The van der Waals surface area contributed by atoms with Crippen LogP contribution in [0.15, 0.2) is 28.7 Å². The normalized spacial score (nSPS) is 18.8. The van der Waals surface area contributed by atoms with Crippen molar-refractivity contribution in [2.24, 2.45) is 5.92 Å². The summed E-state index contributed by atoms with van der Waals surface area (Å²) in [6.07, 6.45) is 4.25. The fourth-order valence-electron chi connectivity index (χ4n) is 3.45. The van der Waals surface area contributed by atoms with Crippen LogP contribution in [-0.4, -0.2) is 47.8 Å². The molecule has 1 aromatic carbocycles. The van der Waals surface area contributed by atoms with Gasteiger partial charge in [0.15, 0.2) is 0 Å². The highest BCUT2D eigenvalue weighted by Gasteiger charge is 2.33. The number of imide groups is 1. The highest BCUT2D eigenvalue weighted by Crippen LogP contribution is 2.38. The molecule has 1 saturated heterocycles. The summed E-state index contributed by atoms with van der Waals surface area (Å²) < 4.78 is 1.02. The molecule has 1 aliphatic heterocycles. The van der Waals surface area contributed by atoms with Gasteiger partial charge < -0.3 is 10.2 Å². The van der Waals surface area contributed by atoms with E-state index in [9.17, 15) is 14.4 Å². The molecule has 1 unspecified atom stereocenters. The van der Waals surface area contributed by atoms with Gasteiger partial charge in [0.1, 0.15) is 6.54 Å². The average Bonchev–Trinajstić information content (AvgIpc) is 2.79. The number of hydrogen-bond acceptors (Lipinski definition) is 3. The van der Waals surface area contributed by atoms with E-state index in [1.807, 2.05) is 24.3 Å². The Balaban J connectivity index is 1.52. The number of carbonyl (C=O) groups is 3. The van der Waals surface area contributed by atoms with Gasteiger partial charge in [0.2, 0.25) is 11.8 Å². The predicted octanol–water partition coefficient (Wildman–Crippen LogP) is 3.08. The minimum Gasteiger partial charge on any atom is -0.349 e. The fourth-order valence-corrected chi connectivity index (χ4v) is 3.71. The maximum Gasteiger partial charge on any atom is 0.326 e. The number of amides is 4. The van der Waals surface area contributed by atoms with E-state index in [2.05, 4.69) is 21.2 Å². The van der Waals surface area contributed by atoms with Crippen molar-refractivity contribution in [2.75, 3.05) is 20.1 Å². The van der Waals surface area contributed by atoms with E-state index < -0.39 is 0 Å². The van der Waals surface area contributed by atoms with Crippen LogP contribution in [0.25, 0.3) is 0 Å². The third-order valence-corrected chi connectivity index (χ3v) is 5.71. The molecule has 1 atom stereocenters. The van der Waals surface area contributed by atoms with E-state index in [4.69, 9.17) is 0 Å². The SMILES string of the molecule is CN1CC(=O)N(CCCC(=O)NC(c2ccc(Br)cc2)C2CCC2)C1=O. The number of nitrogens with zero attached hydrogens (tertiary/aromatic N) is 2. The summed E-state index contributed by atoms with van der Waals surface area (Å²) >= 11 is 3.44. The molecule has 1 aromatic rings. The van der Waals surface area contributed by atoms with Gasteiger partial charge in [0.25, 0.3) is 0 Å². The lowest BCUT2D eigenvalue weighted by Crippen LogP contribution is -2.37. The zero-order chi connectivity index (χ0) is 18.7. The van der Waals surface area contributed by atoms with Crippen molar-refractivity contribution in [3.05, 3.63) is 34.3 Å². The first-order valence-electron chi connectivity index (χ1n) is 9.06. The molecule has 0 radical (unpaired) electrons. The zero-order valence-corrected chi connectivity index (χ0v) is 16.5. The van der Waals surface area contributed by atoms with Crippen molar-refractivity contribution >= 4 is 33.8 Å². The minimum absolute atomic E-state index is 0.0303. The molecular weight excluding hydrogens is 398 g/mol. The number of rotatable bonds is 7. The number of urea groups is 1. The van der Waals surface area contributed by atoms with Crippen LogP contribution in [0.1, 0.15) is 43.7 Å². The molecule has 3 rings (SSSR count). The smallest absolute Gasteiger partial charge is 0.326 e. The second-order valence-electron chi connectivity index (χ2n) is 7.08. The fraction of sp³-hybridized carbons (Fsp3) is 0.526. The van der Waals surface area contributed by atoms with E-state index in [0.717, 1.165) is 22.9 Å². The molecule has 0 aromatic heterocycles. The first kappa shape index (κ1) is 18.9. The first-order valence-corrected chi connectivity index (χ1v) is 9.85. The van der Waals surface area contributed by atoms with Crippen molar-refractivity contribution in [3.63, 3.8) is 0 Å². The summed E-state index contributed by atoms with van der Waals surface area (Å²) in [5.41, 5.74) is 1.12. The Hall–Kier alpha value is -1.89. The van der Waals surface area contributed by atoms with Gasteiger partial charge in [-0.3, -0.25) is 14.5 Å². The molecule has 4 amide bonds. The molecule has 7 heteroatoms. The summed E-state index contributed by atoms with van der Waals surface area (Å²) in [6, 6.07) is 7.83. The third kappa shape index (κ3) is 4.26. The summed E-state index contributed by atoms with van der Waals surface area (Å²) in [6.45, 7) is 0.417. The number of nitrogens with one attached hydrogen (secondary N) is 1. The Morgan fingerprint density at radius 3 is 2.50 bits per heavy atom. The van der Waals surface area contributed by atoms with Gasteiger partial charge in [-0.2, -0.15) is 0 Å². The number of halogens is 1. The number of hydrogen-bond donors (Lipinski definition) is 1. The van der Waals surface area contributed by atoms with Crippen LogP contribution in [0.5, 0.6) is 0 Å². The molecule has 1 aliphatic carbocycles. The van der Waals surface area contributed by atoms with E-state index in [-0.39, 0.29) is 30.4 Å². The van der Waals surface area contributed by atoms with Gasteiger partial charge in [0, 0.05) is 24.5 Å². The summed E-state index contributed by atoms with van der Waals surface area (Å²) in [5, 5.41) is 3.16. The van der Waals surface area contributed by atoms with Crippen molar-refractivity contribution < 1.29 is 14.4 Å². The average molecular weight is 422 g/mol. The molecule has 140 valence electrons. The molecular formula is C19H24BrN3O3. The van der Waals surface area contributed by atoms with Crippen LogP contribution < -0.4 is 5.32 Å². The highest BCUT2D eigenvalue weighted by molar-refractivity contribution is 9.10. The van der Waals surface area contributed by atoms with Crippen LogP contribution >= 0.6 is 15.9 Å². The van der Waals surface area contributed by atoms with E-state index in [0.29, 0.717) is 25.3 Å². The second-order valence-corrected chi connectivity index (χ2v) is 7.99. The van der Waals surface area contributed by atoms with Crippen molar-refractivity contribution in [2.45, 2.75) is 38.1 Å². The lowest BCUT2D eigenvalue weighted by atomic mass is 9.77. The maximum atomic E-state index is 12.4. The van der Waals surface area contributed by atoms with Gasteiger partial charge in [-0.15, -0.1) is 0 Å². The second kappa shape index (κ2) is 8.20. The minimum atomic E-state index is -0.280. The Labute approximate surface area is 162 Å². The van der Waals surface area contributed by atoms with Crippen LogP contribution in [0.3, 0.4) is 0 Å².